The molecule has 0 bridgehead atoms. The molecule has 2 atom stereocenters. The number of benzene rings is 3. The Bertz CT molecular complexity index is 1320. The highest BCUT2D eigenvalue weighted by atomic mass is 16.5. The Morgan fingerprint density at radius 2 is 1.42 bits per heavy atom. The summed E-state index contributed by atoms with van der Waals surface area (Å²) in [6.07, 6.45) is 1.49. The fraction of sp³-hybridized carbons (Fsp3) is 0.179. The molecule has 8 heteroatoms. The van der Waals surface area contributed by atoms with Crippen molar-refractivity contribution in [3.05, 3.63) is 108 Å². The second kappa shape index (κ2) is 11.7. The van der Waals surface area contributed by atoms with Crippen LogP contribution in [-0.2, 0) is 33.8 Å². The van der Waals surface area contributed by atoms with Gasteiger partial charge in [0.2, 0.25) is 11.8 Å². The first-order chi connectivity index (χ1) is 17.5. The standard InChI is InChI=1S/C28H28N4O4/c29-26(33)24(15-19-9-3-1-4-10-19)31-27(34)25(16-21-17-30-23-14-8-7-13-22(21)23)32-28(35)36-18-20-11-5-2-6-12-20/h1-14,17,24-25,30H,15-16,18H2,(H2,29,33)(H,31,34)(H,32,35). The summed E-state index contributed by atoms with van der Waals surface area (Å²) in [5.74, 6) is -1.19. The van der Waals surface area contributed by atoms with Gasteiger partial charge >= 0.3 is 6.09 Å². The zero-order valence-electron chi connectivity index (χ0n) is 19.6. The van der Waals surface area contributed by atoms with E-state index in [4.69, 9.17) is 10.5 Å². The largest absolute Gasteiger partial charge is 0.445 e. The van der Waals surface area contributed by atoms with Gasteiger partial charge in [-0.2, -0.15) is 0 Å². The number of carbonyl (C=O) groups is 3. The number of para-hydroxylation sites is 1. The maximum atomic E-state index is 13.3. The van der Waals surface area contributed by atoms with E-state index in [9.17, 15) is 14.4 Å². The van der Waals surface area contributed by atoms with Gasteiger partial charge in [-0.05, 0) is 22.8 Å². The second-order valence-electron chi connectivity index (χ2n) is 8.48. The molecule has 3 aromatic carbocycles. The molecule has 0 radical (unpaired) electrons. The maximum absolute atomic E-state index is 13.3. The molecule has 0 aliphatic carbocycles. The van der Waals surface area contributed by atoms with Gasteiger partial charge in [0.05, 0.1) is 0 Å². The molecule has 0 spiro atoms. The van der Waals surface area contributed by atoms with Crippen molar-refractivity contribution in [2.75, 3.05) is 0 Å². The van der Waals surface area contributed by atoms with Crippen molar-refractivity contribution in [2.45, 2.75) is 31.5 Å². The molecule has 0 saturated heterocycles. The number of rotatable bonds is 10. The molecule has 4 aromatic rings. The highest BCUT2D eigenvalue weighted by Crippen LogP contribution is 2.19. The number of primary amides is 1. The molecule has 0 fully saturated rings. The first-order valence-corrected chi connectivity index (χ1v) is 11.7. The van der Waals surface area contributed by atoms with Crippen molar-refractivity contribution in [2.24, 2.45) is 5.73 Å². The number of ether oxygens (including phenoxy) is 1. The topological polar surface area (TPSA) is 126 Å². The summed E-state index contributed by atoms with van der Waals surface area (Å²) >= 11 is 0. The first kappa shape index (κ1) is 24.5. The minimum atomic E-state index is -0.995. The minimum absolute atomic E-state index is 0.0615. The molecule has 0 saturated carbocycles. The number of aromatic amines is 1. The molecule has 2 unspecified atom stereocenters. The number of amides is 3. The first-order valence-electron chi connectivity index (χ1n) is 11.7. The van der Waals surface area contributed by atoms with Gasteiger partial charge in [0.1, 0.15) is 18.7 Å². The smallest absolute Gasteiger partial charge is 0.408 e. The van der Waals surface area contributed by atoms with Crippen LogP contribution >= 0.6 is 0 Å². The Morgan fingerprint density at radius 1 is 0.778 bits per heavy atom. The highest BCUT2D eigenvalue weighted by Gasteiger charge is 2.27. The van der Waals surface area contributed by atoms with Gasteiger partial charge in [0.25, 0.3) is 0 Å². The zero-order chi connectivity index (χ0) is 25.3. The summed E-state index contributed by atoms with van der Waals surface area (Å²) in [5.41, 5.74) is 9.01. The minimum Gasteiger partial charge on any atom is -0.445 e. The van der Waals surface area contributed by atoms with E-state index in [1.54, 1.807) is 6.20 Å². The molecule has 0 aliphatic heterocycles. The lowest BCUT2D eigenvalue weighted by Gasteiger charge is -2.22. The number of aromatic nitrogens is 1. The van der Waals surface area contributed by atoms with Crippen LogP contribution in [0, 0.1) is 0 Å². The molecule has 8 nitrogen and oxygen atoms in total. The van der Waals surface area contributed by atoms with Gasteiger partial charge < -0.3 is 26.1 Å². The van der Waals surface area contributed by atoms with Crippen molar-refractivity contribution in [1.29, 1.82) is 0 Å². The van der Waals surface area contributed by atoms with Gasteiger partial charge in [-0.3, -0.25) is 9.59 Å². The number of hydrogen-bond acceptors (Lipinski definition) is 4. The van der Waals surface area contributed by atoms with Crippen LogP contribution in [0.2, 0.25) is 0 Å². The van der Waals surface area contributed by atoms with E-state index in [1.807, 2.05) is 84.9 Å². The van der Waals surface area contributed by atoms with Crippen molar-refractivity contribution < 1.29 is 19.1 Å². The van der Waals surface area contributed by atoms with Crippen LogP contribution in [0.5, 0.6) is 0 Å². The third-order valence-electron chi connectivity index (χ3n) is 5.86. The predicted octanol–water partition coefficient (Wildman–Crippen LogP) is 3.22. The van der Waals surface area contributed by atoms with Gasteiger partial charge in [-0.25, -0.2) is 4.79 Å². The van der Waals surface area contributed by atoms with Crippen LogP contribution in [0.25, 0.3) is 10.9 Å². The fourth-order valence-electron chi connectivity index (χ4n) is 3.98. The SMILES string of the molecule is NC(=O)C(Cc1ccccc1)NC(=O)C(Cc1c[nH]c2ccccc12)NC(=O)OCc1ccccc1. The quantitative estimate of drug-likeness (QED) is 0.276. The molecule has 1 heterocycles. The Balaban J connectivity index is 1.50. The normalized spacial score (nSPS) is 12.4. The molecule has 4 rings (SSSR count). The predicted molar refractivity (Wildman–Crippen MR) is 137 cm³/mol. The summed E-state index contributed by atoms with van der Waals surface area (Å²) in [6, 6.07) is 24.2. The van der Waals surface area contributed by atoms with Crippen molar-refractivity contribution in [3.63, 3.8) is 0 Å². The number of alkyl carbamates (subject to hydrolysis) is 1. The summed E-state index contributed by atoms with van der Waals surface area (Å²) in [6.45, 7) is 0.0615. The maximum Gasteiger partial charge on any atom is 0.408 e. The van der Waals surface area contributed by atoms with Crippen LogP contribution in [0.4, 0.5) is 4.79 Å². The molecular weight excluding hydrogens is 456 g/mol. The molecule has 0 aliphatic rings. The summed E-state index contributed by atoms with van der Waals surface area (Å²) in [4.78, 5) is 41.2. The molecule has 1 aromatic heterocycles. The van der Waals surface area contributed by atoms with Crippen LogP contribution in [0.1, 0.15) is 16.7 Å². The van der Waals surface area contributed by atoms with Crippen molar-refractivity contribution >= 4 is 28.8 Å². The van der Waals surface area contributed by atoms with Crippen LogP contribution in [-0.4, -0.2) is 35.0 Å². The monoisotopic (exact) mass is 484 g/mol. The van der Waals surface area contributed by atoms with E-state index in [1.165, 1.54) is 0 Å². The number of nitrogens with two attached hydrogens (primary N) is 1. The van der Waals surface area contributed by atoms with E-state index in [2.05, 4.69) is 15.6 Å². The van der Waals surface area contributed by atoms with Gasteiger partial charge in [-0.1, -0.05) is 78.9 Å². The number of carbonyl (C=O) groups excluding carboxylic acids is 3. The third kappa shape index (κ3) is 6.50. The number of nitrogens with one attached hydrogen (secondary N) is 3. The van der Waals surface area contributed by atoms with Gasteiger partial charge in [-0.15, -0.1) is 0 Å². The Morgan fingerprint density at radius 3 is 2.11 bits per heavy atom. The van der Waals surface area contributed by atoms with E-state index < -0.39 is 30.0 Å². The highest BCUT2D eigenvalue weighted by molar-refractivity contribution is 5.92. The van der Waals surface area contributed by atoms with E-state index in [0.717, 1.165) is 27.6 Å². The zero-order valence-corrected chi connectivity index (χ0v) is 19.6. The van der Waals surface area contributed by atoms with Gasteiger partial charge in [0, 0.05) is 29.9 Å². The molecule has 3 amide bonds. The fourth-order valence-corrected chi connectivity index (χ4v) is 3.98. The molecular formula is C28H28N4O4. The Kier molecular flexibility index (Phi) is 7.97. The van der Waals surface area contributed by atoms with Gasteiger partial charge in [0.15, 0.2) is 0 Å². The average molecular weight is 485 g/mol. The lowest BCUT2D eigenvalue weighted by molar-refractivity contribution is -0.128. The van der Waals surface area contributed by atoms with Crippen LogP contribution < -0.4 is 16.4 Å². The number of fused-ring (bicyclic) bond motifs is 1. The summed E-state index contributed by atoms with van der Waals surface area (Å²) < 4.78 is 5.33. The molecule has 36 heavy (non-hydrogen) atoms. The van der Waals surface area contributed by atoms with Crippen LogP contribution in [0.3, 0.4) is 0 Å². The van der Waals surface area contributed by atoms with Crippen molar-refractivity contribution in [3.8, 4) is 0 Å². The second-order valence-corrected chi connectivity index (χ2v) is 8.48. The average Bonchev–Trinajstić information content (AvgIpc) is 3.30. The third-order valence-corrected chi connectivity index (χ3v) is 5.86. The lowest BCUT2D eigenvalue weighted by atomic mass is 10.0. The number of H-pyrrole nitrogens is 1. The Labute approximate surface area is 208 Å². The Hall–Kier alpha value is -4.59. The lowest BCUT2D eigenvalue weighted by Crippen LogP contribution is -2.54. The van der Waals surface area contributed by atoms with Crippen LogP contribution in [0.15, 0.2) is 91.1 Å². The molecule has 5 N–H and O–H groups in total. The summed E-state index contributed by atoms with van der Waals surface area (Å²) in [7, 11) is 0. The van der Waals surface area contributed by atoms with E-state index in [-0.39, 0.29) is 19.4 Å². The molecule has 184 valence electrons. The van der Waals surface area contributed by atoms with E-state index in [0.29, 0.717) is 0 Å². The summed E-state index contributed by atoms with van der Waals surface area (Å²) in [5, 5.41) is 6.31. The van der Waals surface area contributed by atoms with E-state index >= 15 is 0 Å². The van der Waals surface area contributed by atoms with Crippen molar-refractivity contribution in [1.82, 2.24) is 15.6 Å². The number of hydrogen-bond donors (Lipinski definition) is 4.